The Bertz CT molecular complexity index is 575. The Morgan fingerprint density at radius 3 is 2.63 bits per heavy atom. The Morgan fingerprint density at radius 1 is 1.21 bits per heavy atom. The SMILES string of the molecule is O=C(COc1ccc(Cl)cc1)Nc1cc(Cl)ncn1. The molecule has 0 aliphatic rings. The zero-order chi connectivity index (χ0) is 13.7. The Morgan fingerprint density at radius 2 is 1.95 bits per heavy atom. The molecule has 1 heterocycles. The molecular formula is C12H9Cl2N3O2. The molecule has 98 valence electrons. The maximum absolute atomic E-state index is 11.6. The topological polar surface area (TPSA) is 64.1 Å². The van der Waals surface area contributed by atoms with Crippen LogP contribution in [0.5, 0.6) is 5.75 Å². The molecule has 0 spiro atoms. The van der Waals surface area contributed by atoms with Crippen molar-refractivity contribution >= 4 is 34.9 Å². The first-order chi connectivity index (χ1) is 9.13. The van der Waals surface area contributed by atoms with Crippen LogP contribution >= 0.6 is 23.2 Å². The van der Waals surface area contributed by atoms with Crippen molar-refractivity contribution in [3.63, 3.8) is 0 Å². The number of anilines is 1. The summed E-state index contributed by atoms with van der Waals surface area (Å²) in [4.78, 5) is 19.2. The minimum Gasteiger partial charge on any atom is -0.484 e. The molecule has 7 heteroatoms. The number of carbonyl (C=O) groups is 1. The summed E-state index contributed by atoms with van der Waals surface area (Å²) in [7, 11) is 0. The van der Waals surface area contributed by atoms with E-state index in [1.165, 1.54) is 12.4 Å². The van der Waals surface area contributed by atoms with E-state index in [2.05, 4.69) is 15.3 Å². The van der Waals surface area contributed by atoms with Gasteiger partial charge in [-0.25, -0.2) is 9.97 Å². The van der Waals surface area contributed by atoms with Gasteiger partial charge in [-0.15, -0.1) is 0 Å². The normalized spacial score (nSPS) is 10.0. The van der Waals surface area contributed by atoms with Crippen LogP contribution in [0.15, 0.2) is 36.7 Å². The van der Waals surface area contributed by atoms with Gasteiger partial charge >= 0.3 is 0 Å². The number of ether oxygens (including phenoxy) is 1. The summed E-state index contributed by atoms with van der Waals surface area (Å²) in [6.45, 7) is -0.136. The van der Waals surface area contributed by atoms with Crippen molar-refractivity contribution in [2.75, 3.05) is 11.9 Å². The number of hydrogen-bond donors (Lipinski definition) is 1. The number of aromatic nitrogens is 2. The van der Waals surface area contributed by atoms with E-state index >= 15 is 0 Å². The minimum absolute atomic E-state index is 0.136. The molecule has 0 aliphatic carbocycles. The molecule has 1 amide bonds. The zero-order valence-corrected chi connectivity index (χ0v) is 11.1. The Kier molecular flexibility index (Phi) is 4.54. The molecule has 0 saturated heterocycles. The Balaban J connectivity index is 1.86. The number of benzene rings is 1. The quantitative estimate of drug-likeness (QED) is 0.882. The third-order valence-electron chi connectivity index (χ3n) is 2.08. The van der Waals surface area contributed by atoms with Crippen LogP contribution in [0.2, 0.25) is 10.2 Å². The van der Waals surface area contributed by atoms with E-state index < -0.39 is 0 Å². The Hall–Kier alpha value is -1.85. The number of carbonyl (C=O) groups excluding carboxylic acids is 1. The maximum atomic E-state index is 11.6. The molecule has 2 aromatic rings. The van der Waals surface area contributed by atoms with Crippen LogP contribution in [0.3, 0.4) is 0 Å². The van der Waals surface area contributed by atoms with Crippen LogP contribution in [-0.2, 0) is 4.79 Å². The van der Waals surface area contributed by atoms with Gasteiger partial charge in [0, 0.05) is 11.1 Å². The monoisotopic (exact) mass is 297 g/mol. The molecular weight excluding hydrogens is 289 g/mol. The molecule has 0 unspecified atom stereocenters. The zero-order valence-electron chi connectivity index (χ0n) is 9.64. The number of rotatable bonds is 4. The molecule has 1 aromatic heterocycles. The van der Waals surface area contributed by atoms with Gasteiger partial charge in [-0.3, -0.25) is 4.79 Å². The number of amides is 1. The summed E-state index contributed by atoms with van der Waals surface area (Å²) >= 11 is 11.4. The van der Waals surface area contributed by atoms with Crippen LogP contribution in [-0.4, -0.2) is 22.5 Å². The van der Waals surface area contributed by atoms with E-state index in [4.69, 9.17) is 27.9 Å². The van der Waals surface area contributed by atoms with Gasteiger partial charge in [-0.2, -0.15) is 0 Å². The fourth-order valence-electron chi connectivity index (χ4n) is 1.26. The van der Waals surface area contributed by atoms with Gasteiger partial charge in [-0.1, -0.05) is 23.2 Å². The van der Waals surface area contributed by atoms with E-state index in [0.29, 0.717) is 16.6 Å². The lowest BCUT2D eigenvalue weighted by molar-refractivity contribution is -0.118. The number of nitrogens with zero attached hydrogens (tertiary/aromatic N) is 2. The third-order valence-corrected chi connectivity index (χ3v) is 2.54. The van der Waals surface area contributed by atoms with E-state index in [1.54, 1.807) is 24.3 Å². The minimum atomic E-state index is -0.343. The molecule has 1 aromatic carbocycles. The van der Waals surface area contributed by atoms with Crippen molar-refractivity contribution in [1.29, 1.82) is 0 Å². The molecule has 19 heavy (non-hydrogen) atoms. The predicted octanol–water partition coefficient (Wildman–Crippen LogP) is 2.80. The first-order valence-corrected chi connectivity index (χ1v) is 6.05. The second-order valence-corrected chi connectivity index (χ2v) is 4.34. The standard InChI is InChI=1S/C12H9Cl2N3O2/c13-8-1-3-9(4-2-8)19-6-12(18)17-11-5-10(14)15-7-16-11/h1-5,7H,6H2,(H,15,16,17,18). The van der Waals surface area contributed by atoms with E-state index in [9.17, 15) is 4.79 Å². The molecule has 0 bridgehead atoms. The second-order valence-electron chi connectivity index (χ2n) is 3.52. The fraction of sp³-hybridized carbons (Fsp3) is 0.0833. The summed E-state index contributed by atoms with van der Waals surface area (Å²) in [5, 5.41) is 3.40. The first-order valence-electron chi connectivity index (χ1n) is 5.29. The molecule has 0 saturated carbocycles. The van der Waals surface area contributed by atoms with Crippen LogP contribution in [0, 0.1) is 0 Å². The van der Waals surface area contributed by atoms with Gasteiger partial charge in [0.2, 0.25) is 0 Å². The summed E-state index contributed by atoms with van der Waals surface area (Å²) < 4.78 is 5.28. The van der Waals surface area contributed by atoms with Gasteiger partial charge in [-0.05, 0) is 24.3 Å². The smallest absolute Gasteiger partial charge is 0.263 e. The molecule has 0 aliphatic heterocycles. The summed E-state index contributed by atoms with van der Waals surface area (Å²) in [6, 6.07) is 8.16. The van der Waals surface area contributed by atoms with Crippen LogP contribution < -0.4 is 10.1 Å². The van der Waals surface area contributed by atoms with Crippen molar-refractivity contribution in [1.82, 2.24) is 9.97 Å². The molecule has 1 N–H and O–H groups in total. The highest BCUT2D eigenvalue weighted by atomic mass is 35.5. The first kappa shape index (κ1) is 13.6. The number of halogens is 2. The summed E-state index contributed by atoms with van der Waals surface area (Å²) in [5.41, 5.74) is 0. The van der Waals surface area contributed by atoms with E-state index in [-0.39, 0.29) is 17.7 Å². The van der Waals surface area contributed by atoms with Crippen LogP contribution in [0.25, 0.3) is 0 Å². The largest absolute Gasteiger partial charge is 0.484 e. The van der Waals surface area contributed by atoms with Crippen molar-refractivity contribution in [2.45, 2.75) is 0 Å². The van der Waals surface area contributed by atoms with Crippen molar-refractivity contribution in [2.24, 2.45) is 0 Å². The molecule has 0 atom stereocenters. The lowest BCUT2D eigenvalue weighted by Gasteiger charge is -2.06. The lowest BCUT2D eigenvalue weighted by Crippen LogP contribution is -2.20. The molecule has 5 nitrogen and oxygen atoms in total. The van der Waals surface area contributed by atoms with Crippen LogP contribution in [0.4, 0.5) is 5.82 Å². The number of nitrogens with one attached hydrogen (secondary N) is 1. The van der Waals surface area contributed by atoms with Gasteiger partial charge in [0.25, 0.3) is 5.91 Å². The molecule has 0 fully saturated rings. The van der Waals surface area contributed by atoms with E-state index in [0.717, 1.165) is 0 Å². The highest BCUT2D eigenvalue weighted by Crippen LogP contribution is 2.15. The van der Waals surface area contributed by atoms with Gasteiger partial charge in [0.1, 0.15) is 23.0 Å². The number of hydrogen-bond acceptors (Lipinski definition) is 4. The average molecular weight is 298 g/mol. The van der Waals surface area contributed by atoms with Crippen molar-refractivity contribution in [3.05, 3.63) is 46.8 Å². The van der Waals surface area contributed by atoms with Gasteiger partial charge in [0.05, 0.1) is 0 Å². The fourth-order valence-corrected chi connectivity index (χ4v) is 1.53. The van der Waals surface area contributed by atoms with Gasteiger partial charge < -0.3 is 10.1 Å². The van der Waals surface area contributed by atoms with Crippen LogP contribution in [0.1, 0.15) is 0 Å². The van der Waals surface area contributed by atoms with Crippen molar-refractivity contribution in [3.8, 4) is 5.75 Å². The third kappa shape index (κ3) is 4.39. The summed E-state index contributed by atoms with van der Waals surface area (Å²) in [6.07, 6.45) is 1.26. The predicted molar refractivity (Wildman–Crippen MR) is 72.6 cm³/mol. The summed E-state index contributed by atoms with van der Waals surface area (Å²) in [5.74, 6) is 0.537. The molecule has 2 rings (SSSR count). The van der Waals surface area contributed by atoms with Gasteiger partial charge in [0.15, 0.2) is 6.61 Å². The highest BCUT2D eigenvalue weighted by Gasteiger charge is 2.05. The maximum Gasteiger partial charge on any atom is 0.263 e. The highest BCUT2D eigenvalue weighted by molar-refractivity contribution is 6.30. The Labute approximate surface area is 119 Å². The van der Waals surface area contributed by atoms with Crippen molar-refractivity contribution < 1.29 is 9.53 Å². The average Bonchev–Trinajstić information content (AvgIpc) is 2.38. The van der Waals surface area contributed by atoms with E-state index in [1.807, 2.05) is 0 Å². The molecule has 0 radical (unpaired) electrons. The lowest BCUT2D eigenvalue weighted by atomic mass is 10.3. The second kappa shape index (κ2) is 6.36.